The Balaban J connectivity index is 2.45. The highest BCUT2D eigenvalue weighted by atomic mass is 16.3. The average Bonchev–Trinajstić information content (AvgIpc) is 2.81. The van der Waals surface area contributed by atoms with Gasteiger partial charge in [-0.15, -0.1) is 0 Å². The number of phenolic OH excluding ortho intramolecular Hbond substituents is 1. The van der Waals surface area contributed by atoms with Crippen LogP contribution in [0.15, 0.2) is 53.4 Å². The predicted octanol–water partition coefficient (Wildman–Crippen LogP) is 2.62. The molecule has 1 heterocycles. The van der Waals surface area contributed by atoms with Crippen LogP contribution in [0.3, 0.4) is 0 Å². The SMILES string of the molecule is O=CC=C(c1ccc(O)cc1)c1ccoc1. The van der Waals surface area contributed by atoms with Gasteiger partial charge in [-0.3, -0.25) is 4.79 Å². The van der Waals surface area contributed by atoms with Gasteiger partial charge in [0.15, 0.2) is 0 Å². The molecular formula is C13H10O3. The van der Waals surface area contributed by atoms with Crippen LogP contribution >= 0.6 is 0 Å². The number of rotatable bonds is 3. The van der Waals surface area contributed by atoms with Crippen molar-refractivity contribution in [2.75, 3.05) is 0 Å². The molecule has 0 aliphatic heterocycles. The number of phenols is 1. The number of aldehydes is 1. The van der Waals surface area contributed by atoms with Crippen LogP contribution < -0.4 is 0 Å². The Morgan fingerprint density at radius 3 is 2.44 bits per heavy atom. The quantitative estimate of drug-likeness (QED) is 0.631. The van der Waals surface area contributed by atoms with Crippen LogP contribution in [0.5, 0.6) is 5.75 Å². The second-order valence-electron chi connectivity index (χ2n) is 3.28. The lowest BCUT2D eigenvalue weighted by atomic mass is 10.0. The number of hydrogen-bond donors (Lipinski definition) is 1. The normalized spacial score (nSPS) is 11.4. The minimum Gasteiger partial charge on any atom is -0.508 e. The fourth-order valence-electron chi connectivity index (χ4n) is 1.49. The van der Waals surface area contributed by atoms with Crippen molar-refractivity contribution in [3.05, 3.63) is 60.1 Å². The van der Waals surface area contributed by atoms with Crippen LogP contribution in [-0.4, -0.2) is 11.4 Å². The van der Waals surface area contributed by atoms with E-state index in [4.69, 9.17) is 4.42 Å². The second-order valence-corrected chi connectivity index (χ2v) is 3.28. The molecule has 0 aliphatic rings. The van der Waals surface area contributed by atoms with Crippen LogP contribution in [0, 0.1) is 0 Å². The molecule has 1 aromatic heterocycles. The van der Waals surface area contributed by atoms with E-state index in [0.717, 1.165) is 23.0 Å². The summed E-state index contributed by atoms with van der Waals surface area (Å²) in [6.07, 6.45) is 5.32. The van der Waals surface area contributed by atoms with E-state index in [1.165, 1.54) is 6.08 Å². The summed E-state index contributed by atoms with van der Waals surface area (Å²) in [4.78, 5) is 10.6. The molecule has 3 nitrogen and oxygen atoms in total. The summed E-state index contributed by atoms with van der Waals surface area (Å²) in [6, 6.07) is 8.43. The fourth-order valence-corrected chi connectivity index (χ4v) is 1.49. The van der Waals surface area contributed by atoms with Crippen molar-refractivity contribution in [1.29, 1.82) is 0 Å². The molecule has 0 radical (unpaired) electrons. The van der Waals surface area contributed by atoms with Gasteiger partial charge in [-0.05, 0) is 35.4 Å². The van der Waals surface area contributed by atoms with E-state index in [9.17, 15) is 9.90 Å². The lowest BCUT2D eigenvalue weighted by molar-refractivity contribution is -0.104. The third-order valence-electron chi connectivity index (χ3n) is 2.25. The van der Waals surface area contributed by atoms with Crippen molar-refractivity contribution in [3.8, 4) is 5.75 Å². The van der Waals surface area contributed by atoms with Crippen molar-refractivity contribution in [3.63, 3.8) is 0 Å². The molecular weight excluding hydrogens is 204 g/mol. The number of carbonyl (C=O) groups excluding carboxylic acids is 1. The Hall–Kier alpha value is -2.29. The van der Waals surface area contributed by atoms with Crippen LogP contribution in [0.1, 0.15) is 11.1 Å². The van der Waals surface area contributed by atoms with Gasteiger partial charge in [0.25, 0.3) is 0 Å². The summed E-state index contributed by atoms with van der Waals surface area (Å²) in [7, 11) is 0. The van der Waals surface area contributed by atoms with E-state index < -0.39 is 0 Å². The average molecular weight is 214 g/mol. The molecule has 3 heteroatoms. The lowest BCUT2D eigenvalue weighted by Gasteiger charge is -2.03. The van der Waals surface area contributed by atoms with Gasteiger partial charge in [-0.1, -0.05) is 12.1 Å². The number of benzene rings is 1. The minimum atomic E-state index is 0.196. The van der Waals surface area contributed by atoms with Crippen LogP contribution in [0.2, 0.25) is 0 Å². The van der Waals surface area contributed by atoms with Crippen molar-refractivity contribution < 1.29 is 14.3 Å². The summed E-state index contributed by atoms with van der Waals surface area (Å²) in [5.74, 6) is 0.196. The zero-order valence-corrected chi connectivity index (χ0v) is 8.46. The zero-order chi connectivity index (χ0) is 11.4. The van der Waals surface area contributed by atoms with Crippen molar-refractivity contribution in [1.82, 2.24) is 0 Å². The van der Waals surface area contributed by atoms with E-state index in [-0.39, 0.29) is 5.75 Å². The molecule has 2 rings (SSSR count). The van der Waals surface area contributed by atoms with Gasteiger partial charge < -0.3 is 9.52 Å². The first-order chi connectivity index (χ1) is 7.81. The lowest BCUT2D eigenvalue weighted by Crippen LogP contribution is -1.86. The molecule has 0 fully saturated rings. The van der Waals surface area contributed by atoms with Crippen LogP contribution in [0.25, 0.3) is 5.57 Å². The zero-order valence-electron chi connectivity index (χ0n) is 8.46. The molecule has 0 spiro atoms. The van der Waals surface area contributed by atoms with Gasteiger partial charge in [0.1, 0.15) is 12.0 Å². The molecule has 80 valence electrons. The number of allylic oxidation sites excluding steroid dienone is 1. The summed E-state index contributed by atoms with van der Waals surface area (Å²) >= 11 is 0. The smallest absolute Gasteiger partial charge is 0.143 e. The molecule has 0 saturated carbocycles. The van der Waals surface area contributed by atoms with Gasteiger partial charge >= 0.3 is 0 Å². The highest BCUT2D eigenvalue weighted by Gasteiger charge is 2.05. The fraction of sp³-hybridized carbons (Fsp3) is 0. The highest BCUT2D eigenvalue weighted by molar-refractivity contribution is 5.89. The molecule has 0 bridgehead atoms. The second kappa shape index (κ2) is 4.49. The molecule has 0 amide bonds. The molecule has 0 aliphatic carbocycles. The Labute approximate surface area is 92.6 Å². The van der Waals surface area contributed by atoms with Gasteiger partial charge in [0.05, 0.1) is 12.5 Å². The molecule has 0 unspecified atom stereocenters. The summed E-state index contributed by atoms with van der Waals surface area (Å²) in [5.41, 5.74) is 2.45. The molecule has 1 aromatic carbocycles. The molecule has 0 atom stereocenters. The van der Waals surface area contributed by atoms with Gasteiger partial charge in [-0.2, -0.15) is 0 Å². The molecule has 0 saturated heterocycles. The van der Waals surface area contributed by atoms with E-state index in [0.29, 0.717) is 0 Å². The molecule has 16 heavy (non-hydrogen) atoms. The minimum absolute atomic E-state index is 0.196. The van der Waals surface area contributed by atoms with E-state index >= 15 is 0 Å². The Bertz CT molecular complexity index is 492. The van der Waals surface area contributed by atoms with Crippen molar-refractivity contribution >= 4 is 11.9 Å². The summed E-state index contributed by atoms with van der Waals surface area (Å²) < 4.78 is 4.98. The number of furan rings is 1. The molecule has 2 aromatic rings. The maximum atomic E-state index is 10.6. The van der Waals surface area contributed by atoms with Crippen molar-refractivity contribution in [2.45, 2.75) is 0 Å². The van der Waals surface area contributed by atoms with Crippen molar-refractivity contribution in [2.24, 2.45) is 0 Å². The first kappa shape index (κ1) is 10.2. The van der Waals surface area contributed by atoms with E-state index in [1.807, 2.05) is 0 Å². The first-order valence-corrected chi connectivity index (χ1v) is 4.78. The predicted molar refractivity (Wildman–Crippen MR) is 60.0 cm³/mol. The Morgan fingerprint density at radius 1 is 1.12 bits per heavy atom. The third kappa shape index (κ3) is 2.03. The van der Waals surface area contributed by atoms with Crippen LogP contribution in [0.4, 0.5) is 0 Å². The number of carbonyl (C=O) groups is 1. The Kier molecular flexibility index (Phi) is 2.87. The molecule has 1 N–H and O–H groups in total. The van der Waals surface area contributed by atoms with Gasteiger partial charge in [-0.25, -0.2) is 0 Å². The maximum Gasteiger partial charge on any atom is 0.143 e. The topological polar surface area (TPSA) is 50.4 Å². The van der Waals surface area contributed by atoms with Gasteiger partial charge in [0.2, 0.25) is 0 Å². The van der Waals surface area contributed by atoms with Crippen LogP contribution in [-0.2, 0) is 4.79 Å². The third-order valence-corrected chi connectivity index (χ3v) is 2.25. The standard InChI is InChI=1S/C13H10O3/c14-7-5-13(11-6-8-16-9-11)10-1-3-12(15)4-2-10/h1-9,15H. The summed E-state index contributed by atoms with van der Waals surface area (Å²) in [6.45, 7) is 0. The first-order valence-electron chi connectivity index (χ1n) is 4.78. The van der Waals surface area contributed by atoms with E-state index in [1.54, 1.807) is 42.9 Å². The maximum absolute atomic E-state index is 10.6. The number of hydrogen-bond acceptors (Lipinski definition) is 3. The van der Waals surface area contributed by atoms with Gasteiger partial charge in [0, 0.05) is 5.56 Å². The number of aromatic hydroxyl groups is 1. The largest absolute Gasteiger partial charge is 0.508 e. The monoisotopic (exact) mass is 214 g/mol. The Morgan fingerprint density at radius 2 is 1.88 bits per heavy atom. The van der Waals surface area contributed by atoms with E-state index in [2.05, 4.69) is 0 Å². The highest BCUT2D eigenvalue weighted by Crippen LogP contribution is 2.24. The summed E-state index contributed by atoms with van der Waals surface area (Å²) in [5, 5.41) is 9.19.